The highest BCUT2D eigenvalue weighted by Gasteiger charge is 2.27. The normalized spacial score (nSPS) is 17.7. The minimum atomic E-state index is -0.650. The standard InChI is InChI=1S/C20H25N5O2/c1-14(25-18(26)9-8-17(23-25)15-6-7-15)20(27)22-13-16-5-4-10-21-19(16)24-11-2-3-12-24/h4-5,8-10,14-15H,2-3,6-7,11-13H2,1H3,(H,22,27). The summed E-state index contributed by atoms with van der Waals surface area (Å²) in [5, 5.41) is 7.36. The van der Waals surface area contributed by atoms with Gasteiger partial charge in [-0.25, -0.2) is 9.67 Å². The van der Waals surface area contributed by atoms with Crippen LogP contribution in [0.15, 0.2) is 35.3 Å². The van der Waals surface area contributed by atoms with Gasteiger partial charge in [-0.2, -0.15) is 5.10 Å². The Bertz CT molecular complexity index is 884. The summed E-state index contributed by atoms with van der Waals surface area (Å²) in [4.78, 5) is 31.6. The van der Waals surface area contributed by atoms with Crippen molar-refractivity contribution >= 4 is 11.7 Å². The highest BCUT2D eigenvalue weighted by atomic mass is 16.2. The topological polar surface area (TPSA) is 80.1 Å². The molecular weight excluding hydrogens is 342 g/mol. The van der Waals surface area contributed by atoms with Crippen LogP contribution in [0.4, 0.5) is 5.82 Å². The second-order valence-corrected chi connectivity index (χ2v) is 7.39. The highest BCUT2D eigenvalue weighted by Crippen LogP contribution is 2.38. The first-order valence-electron chi connectivity index (χ1n) is 9.70. The molecule has 142 valence electrons. The van der Waals surface area contributed by atoms with E-state index >= 15 is 0 Å². The number of amides is 1. The van der Waals surface area contributed by atoms with E-state index < -0.39 is 6.04 Å². The number of hydrogen-bond acceptors (Lipinski definition) is 5. The Balaban J connectivity index is 1.45. The van der Waals surface area contributed by atoms with Gasteiger partial charge in [0.2, 0.25) is 5.91 Å². The number of anilines is 1. The lowest BCUT2D eigenvalue weighted by Crippen LogP contribution is -2.37. The maximum atomic E-state index is 12.7. The van der Waals surface area contributed by atoms with Gasteiger partial charge in [0.1, 0.15) is 11.9 Å². The maximum absolute atomic E-state index is 12.7. The fraction of sp³-hybridized carbons (Fsp3) is 0.500. The number of nitrogens with zero attached hydrogens (tertiary/aromatic N) is 4. The van der Waals surface area contributed by atoms with Gasteiger partial charge in [-0.05, 0) is 44.7 Å². The van der Waals surface area contributed by atoms with Gasteiger partial charge in [-0.15, -0.1) is 0 Å². The fourth-order valence-electron chi connectivity index (χ4n) is 3.54. The number of hydrogen-bond donors (Lipinski definition) is 1. The number of rotatable bonds is 6. The Morgan fingerprint density at radius 1 is 1.26 bits per heavy atom. The lowest BCUT2D eigenvalue weighted by Gasteiger charge is -2.20. The van der Waals surface area contributed by atoms with E-state index in [1.807, 2.05) is 12.1 Å². The molecule has 7 heteroatoms. The molecule has 4 rings (SSSR count). The lowest BCUT2D eigenvalue weighted by atomic mass is 10.2. The quantitative estimate of drug-likeness (QED) is 0.845. The Hall–Kier alpha value is -2.70. The summed E-state index contributed by atoms with van der Waals surface area (Å²) in [5.74, 6) is 1.16. The third-order valence-electron chi connectivity index (χ3n) is 5.31. The summed E-state index contributed by atoms with van der Waals surface area (Å²) >= 11 is 0. The molecule has 3 heterocycles. The third kappa shape index (κ3) is 3.86. The van der Waals surface area contributed by atoms with Crippen LogP contribution in [0.25, 0.3) is 0 Å². The van der Waals surface area contributed by atoms with Gasteiger partial charge in [0.05, 0.1) is 5.69 Å². The summed E-state index contributed by atoms with van der Waals surface area (Å²) in [7, 11) is 0. The van der Waals surface area contributed by atoms with Crippen LogP contribution in [0.5, 0.6) is 0 Å². The molecule has 1 aliphatic heterocycles. The monoisotopic (exact) mass is 367 g/mol. The first-order chi connectivity index (χ1) is 13.1. The zero-order chi connectivity index (χ0) is 18.8. The third-order valence-corrected chi connectivity index (χ3v) is 5.31. The lowest BCUT2D eigenvalue weighted by molar-refractivity contribution is -0.124. The number of carbonyl (C=O) groups is 1. The molecule has 0 aromatic carbocycles. The molecule has 0 radical (unpaired) electrons. The van der Waals surface area contributed by atoms with Crippen LogP contribution in [0.1, 0.15) is 55.8 Å². The van der Waals surface area contributed by atoms with Crippen LogP contribution in [0, 0.1) is 0 Å². The second kappa shape index (κ2) is 7.50. The average Bonchev–Trinajstić information content (AvgIpc) is 3.40. The molecular formula is C20H25N5O2. The van der Waals surface area contributed by atoms with E-state index in [0.717, 1.165) is 43.0 Å². The predicted octanol–water partition coefficient (Wildman–Crippen LogP) is 1.99. The molecule has 1 atom stereocenters. The van der Waals surface area contributed by atoms with Crippen molar-refractivity contribution in [3.63, 3.8) is 0 Å². The molecule has 1 N–H and O–H groups in total. The zero-order valence-electron chi connectivity index (χ0n) is 15.6. The smallest absolute Gasteiger partial charge is 0.267 e. The van der Waals surface area contributed by atoms with Crippen LogP contribution in [-0.2, 0) is 11.3 Å². The van der Waals surface area contributed by atoms with Crippen molar-refractivity contribution in [3.8, 4) is 0 Å². The molecule has 2 aliphatic rings. The summed E-state index contributed by atoms with van der Waals surface area (Å²) < 4.78 is 1.30. The van der Waals surface area contributed by atoms with Crippen molar-refractivity contribution in [2.24, 2.45) is 0 Å². The van der Waals surface area contributed by atoms with Crippen LogP contribution in [0.3, 0.4) is 0 Å². The Morgan fingerprint density at radius 3 is 2.78 bits per heavy atom. The van der Waals surface area contributed by atoms with Crippen LogP contribution in [0.2, 0.25) is 0 Å². The minimum Gasteiger partial charge on any atom is -0.356 e. The summed E-state index contributed by atoms with van der Waals surface area (Å²) in [6.45, 7) is 4.11. The van der Waals surface area contributed by atoms with Gasteiger partial charge in [0.15, 0.2) is 0 Å². The molecule has 1 saturated carbocycles. The molecule has 1 amide bonds. The van der Waals surface area contributed by atoms with Crippen LogP contribution >= 0.6 is 0 Å². The summed E-state index contributed by atoms with van der Waals surface area (Å²) in [6.07, 6.45) is 6.34. The summed E-state index contributed by atoms with van der Waals surface area (Å²) in [6, 6.07) is 6.51. The van der Waals surface area contributed by atoms with Crippen LogP contribution < -0.4 is 15.8 Å². The number of pyridine rings is 1. The molecule has 27 heavy (non-hydrogen) atoms. The molecule has 1 aliphatic carbocycles. The molecule has 7 nitrogen and oxygen atoms in total. The van der Waals surface area contributed by atoms with Gasteiger partial charge in [0, 0.05) is 43.4 Å². The predicted molar refractivity (Wildman–Crippen MR) is 103 cm³/mol. The first kappa shape index (κ1) is 17.7. The highest BCUT2D eigenvalue weighted by molar-refractivity contribution is 5.79. The van der Waals surface area contributed by atoms with Crippen molar-refractivity contribution in [1.82, 2.24) is 20.1 Å². The fourth-order valence-corrected chi connectivity index (χ4v) is 3.54. The zero-order valence-corrected chi connectivity index (χ0v) is 15.6. The van der Waals surface area contributed by atoms with E-state index in [1.54, 1.807) is 19.2 Å². The van der Waals surface area contributed by atoms with Gasteiger partial charge in [-0.1, -0.05) is 6.07 Å². The van der Waals surface area contributed by atoms with Gasteiger partial charge in [0.25, 0.3) is 5.56 Å². The SMILES string of the molecule is CC(C(=O)NCc1cccnc1N1CCCC1)n1nc(C2CC2)ccc1=O. The van der Waals surface area contributed by atoms with E-state index in [1.165, 1.54) is 23.6 Å². The molecule has 2 aromatic rings. The molecule has 0 spiro atoms. The molecule has 0 bridgehead atoms. The van der Waals surface area contributed by atoms with E-state index in [4.69, 9.17) is 0 Å². The Kier molecular flexibility index (Phi) is 4.92. The number of aromatic nitrogens is 3. The maximum Gasteiger partial charge on any atom is 0.267 e. The molecule has 2 fully saturated rings. The van der Waals surface area contributed by atoms with Crippen molar-refractivity contribution in [2.45, 2.75) is 51.1 Å². The Morgan fingerprint density at radius 2 is 2.04 bits per heavy atom. The van der Waals surface area contributed by atoms with Crippen molar-refractivity contribution in [1.29, 1.82) is 0 Å². The number of nitrogens with one attached hydrogen (secondary N) is 1. The summed E-state index contributed by atoms with van der Waals surface area (Å²) in [5.41, 5.74) is 1.64. The molecule has 1 unspecified atom stereocenters. The first-order valence-corrected chi connectivity index (χ1v) is 9.70. The molecule has 2 aromatic heterocycles. The van der Waals surface area contributed by atoms with Crippen molar-refractivity contribution < 1.29 is 4.79 Å². The van der Waals surface area contributed by atoms with E-state index in [0.29, 0.717) is 12.5 Å². The van der Waals surface area contributed by atoms with Crippen LogP contribution in [-0.4, -0.2) is 33.8 Å². The van der Waals surface area contributed by atoms with Gasteiger partial charge >= 0.3 is 0 Å². The van der Waals surface area contributed by atoms with Crippen molar-refractivity contribution in [3.05, 3.63) is 52.1 Å². The van der Waals surface area contributed by atoms with Gasteiger partial charge < -0.3 is 10.2 Å². The molecule has 1 saturated heterocycles. The largest absolute Gasteiger partial charge is 0.356 e. The van der Waals surface area contributed by atoms with Gasteiger partial charge in [-0.3, -0.25) is 9.59 Å². The average molecular weight is 367 g/mol. The van der Waals surface area contributed by atoms with E-state index in [-0.39, 0.29) is 11.5 Å². The van der Waals surface area contributed by atoms with E-state index in [2.05, 4.69) is 20.3 Å². The van der Waals surface area contributed by atoms with Crippen molar-refractivity contribution in [2.75, 3.05) is 18.0 Å². The second-order valence-electron chi connectivity index (χ2n) is 7.39. The Labute approximate surface area is 158 Å². The van der Waals surface area contributed by atoms with E-state index in [9.17, 15) is 9.59 Å². The minimum absolute atomic E-state index is 0.214. The number of carbonyl (C=O) groups excluding carboxylic acids is 1.